The number of hydrogen-bond donors (Lipinski definition) is 2. The quantitative estimate of drug-likeness (QED) is 0.880. The van der Waals surface area contributed by atoms with Crippen molar-refractivity contribution in [3.8, 4) is 6.07 Å². The van der Waals surface area contributed by atoms with Gasteiger partial charge in [0.15, 0.2) is 0 Å². The minimum Gasteiger partial charge on any atom is -0.330 e. The summed E-state index contributed by atoms with van der Waals surface area (Å²) in [5, 5.41) is 8.69. The van der Waals surface area contributed by atoms with Gasteiger partial charge in [0, 0.05) is 6.04 Å². The molecule has 0 aromatic heterocycles. The maximum absolute atomic E-state index is 13.9. The molecule has 0 radical (unpaired) electrons. The topological polar surface area (TPSA) is 96.0 Å². The molecular formula is C14H18FN3O2S. The summed E-state index contributed by atoms with van der Waals surface area (Å²) in [5.41, 5.74) is 5.76. The molecule has 1 fully saturated rings. The Morgan fingerprint density at radius 2 is 2.10 bits per heavy atom. The molecular weight excluding hydrogens is 293 g/mol. The van der Waals surface area contributed by atoms with Gasteiger partial charge in [-0.25, -0.2) is 17.5 Å². The molecule has 0 unspecified atom stereocenters. The van der Waals surface area contributed by atoms with Crippen molar-refractivity contribution in [3.05, 3.63) is 29.6 Å². The van der Waals surface area contributed by atoms with Crippen molar-refractivity contribution in [1.82, 2.24) is 4.72 Å². The van der Waals surface area contributed by atoms with Gasteiger partial charge in [-0.15, -0.1) is 0 Å². The third kappa shape index (κ3) is 3.59. The lowest BCUT2D eigenvalue weighted by molar-refractivity contribution is 0.296. The first-order valence-electron chi connectivity index (χ1n) is 6.90. The minimum absolute atomic E-state index is 0.0787. The molecule has 5 nitrogen and oxygen atoms in total. The number of sulfonamides is 1. The molecule has 1 saturated carbocycles. The zero-order valence-electron chi connectivity index (χ0n) is 11.5. The summed E-state index contributed by atoms with van der Waals surface area (Å²) >= 11 is 0. The summed E-state index contributed by atoms with van der Waals surface area (Å²) in [6.07, 6.45) is 3.55. The van der Waals surface area contributed by atoms with Crippen LogP contribution in [0.3, 0.4) is 0 Å². The predicted molar refractivity (Wildman–Crippen MR) is 76.2 cm³/mol. The van der Waals surface area contributed by atoms with Crippen molar-refractivity contribution >= 4 is 10.0 Å². The highest BCUT2D eigenvalue weighted by Gasteiger charge is 2.29. The van der Waals surface area contributed by atoms with E-state index in [1.54, 1.807) is 6.07 Å². The second-order valence-electron chi connectivity index (χ2n) is 5.27. The number of benzene rings is 1. The molecule has 2 atom stereocenters. The van der Waals surface area contributed by atoms with E-state index in [1.807, 2.05) is 0 Å². The van der Waals surface area contributed by atoms with Gasteiger partial charge in [0.1, 0.15) is 10.7 Å². The number of hydrogen-bond acceptors (Lipinski definition) is 4. The lowest BCUT2D eigenvalue weighted by Crippen LogP contribution is -2.44. The lowest BCUT2D eigenvalue weighted by atomic mass is 9.85. The zero-order valence-corrected chi connectivity index (χ0v) is 12.4. The van der Waals surface area contributed by atoms with Crippen molar-refractivity contribution in [3.63, 3.8) is 0 Å². The van der Waals surface area contributed by atoms with Crippen LogP contribution in [0.4, 0.5) is 4.39 Å². The van der Waals surface area contributed by atoms with Crippen LogP contribution in [0.5, 0.6) is 0 Å². The Balaban J connectivity index is 2.24. The fraction of sp³-hybridized carbons (Fsp3) is 0.500. The van der Waals surface area contributed by atoms with Gasteiger partial charge in [-0.3, -0.25) is 0 Å². The molecule has 3 N–H and O–H groups in total. The Kier molecular flexibility index (Phi) is 4.93. The van der Waals surface area contributed by atoms with Crippen LogP contribution < -0.4 is 10.5 Å². The Morgan fingerprint density at radius 3 is 2.71 bits per heavy atom. The molecule has 7 heteroatoms. The zero-order chi connectivity index (χ0) is 15.5. The first-order chi connectivity index (χ1) is 9.97. The van der Waals surface area contributed by atoms with E-state index in [4.69, 9.17) is 11.0 Å². The van der Waals surface area contributed by atoms with Crippen molar-refractivity contribution < 1.29 is 12.8 Å². The third-order valence-electron chi connectivity index (χ3n) is 3.87. The number of nitrogens with one attached hydrogen (secondary N) is 1. The summed E-state index contributed by atoms with van der Waals surface area (Å²) in [7, 11) is -3.95. The van der Waals surface area contributed by atoms with E-state index >= 15 is 0 Å². The fourth-order valence-corrected chi connectivity index (χ4v) is 4.09. The second kappa shape index (κ2) is 6.52. The Hall–Kier alpha value is -1.49. The predicted octanol–water partition coefficient (Wildman–Crippen LogP) is 1.49. The van der Waals surface area contributed by atoms with Crippen LogP contribution in [-0.2, 0) is 10.0 Å². The van der Waals surface area contributed by atoms with Gasteiger partial charge in [-0.05, 0) is 43.5 Å². The highest BCUT2D eigenvalue weighted by atomic mass is 32.2. The van der Waals surface area contributed by atoms with Crippen LogP contribution in [-0.4, -0.2) is 21.0 Å². The normalized spacial score (nSPS) is 22.7. The van der Waals surface area contributed by atoms with Crippen LogP contribution in [0, 0.1) is 23.1 Å². The van der Waals surface area contributed by atoms with Crippen LogP contribution in [0.25, 0.3) is 0 Å². The van der Waals surface area contributed by atoms with E-state index in [0.717, 1.165) is 31.4 Å². The van der Waals surface area contributed by atoms with E-state index in [9.17, 15) is 12.8 Å². The Labute approximate surface area is 124 Å². The molecule has 0 heterocycles. The molecule has 0 bridgehead atoms. The summed E-state index contributed by atoms with van der Waals surface area (Å²) in [4.78, 5) is -0.428. The minimum atomic E-state index is -3.95. The van der Waals surface area contributed by atoms with Gasteiger partial charge in [0.2, 0.25) is 10.0 Å². The monoisotopic (exact) mass is 311 g/mol. The maximum atomic E-state index is 13.9. The summed E-state index contributed by atoms with van der Waals surface area (Å²) in [6.45, 7) is 0.406. The van der Waals surface area contributed by atoms with Crippen LogP contribution >= 0.6 is 0 Å². The molecule has 2 rings (SSSR count). The van der Waals surface area contributed by atoms with Crippen molar-refractivity contribution in [1.29, 1.82) is 5.26 Å². The summed E-state index contributed by atoms with van der Waals surface area (Å²) in [5.74, 6) is -0.836. The molecule has 0 amide bonds. The molecule has 1 aromatic carbocycles. The third-order valence-corrected chi connectivity index (χ3v) is 5.39. The van der Waals surface area contributed by atoms with Gasteiger partial charge in [-0.2, -0.15) is 5.26 Å². The molecule has 1 aliphatic carbocycles. The Morgan fingerprint density at radius 1 is 1.38 bits per heavy atom. The van der Waals surface area contributed by atoms with Crippen molar-refractivity contribution in [2.45, 2.75) is 36.6 Å². The smallest absolute Gasteiger partial charge is 0.243 e. The van der Waals surface area contributed by atoms with Crippen LogP contribution in [0.15, 0.2) is 23.1 Å². The van der Waals surface area contributed by atoms with Gasteiger partial charge >= 0.3 is 0 Å². The molecule has 0 saturated heterocycles. The van der Waals surface area contributed by atoms with Gasteiger partial charge in [0.25, 0.3) is 0 Å². The maximum Gasteiger partial charge on any atom is 0.243 e. The SMILES string of the molecule is N#Cc1ccc(S(=O)(=O)N[C@@H]2CCCC[C@@H]2CN)c(F)c1. The number of nitrogens with two attached hydrogens (primary N) is 1. The molecule has 21 heavy (non-hydrogen) atoms. The Bertz CT molecular complexity index is 655. The first-order valence-corrected chi connectivity index (χ1v) is 8.38. The second-order valence-corrected chi connectivity index (χ2v) is 6.95. The number of nitriles is 1. The van der Waals surface area contributed by atoms with Gasteiger partial charge < -0.3 is 5.73 Å². The van der Waals surface area contributed by atoms with E-state index in [2.05, 4.69) is 4.72 Å². The number of halogens is 1. The van der Waals surface area contributed by atoms with E-state index in [0.29, 0.717) is 13.0 Å². The van der Waals surface area contributed by atoms with Crippen molar-refractivity contribution in [2.24, 2.45) is 11.7 Å². The number of nitrogens with zero attached hydrogens (tertiary/aromatic N) is 1. The summed E-state index contributed by atoms with van der Waals surface area (Å²) < 4.78 is 41.0. The van der Waals surface area contributed by atoms with Crippen molar-refractivity contribution in [2.75, 3.05) is 6.54 Å². The van der Waals surface area contributed by atoms with Crippen LogP contribution in [0.2, 0.25) is 0 Å². The molecule has 114 valence electrons. The van der Waals surface area contributed by atoms with Crippen LogP contribution in [0.1, 0.15) is 31.2 Å². The average molecular weight is 311 g/mol. The number of rotatable bonds is 4. The molecule has 1 aromatic rings. The largest absolute Gasteiger partial charge is 0.330 e. The van der Waals surface area contributed by atoms with Gasteiger partial charge in [-0.1, -0.05) is 12.8 Å². The summed E-state index contributed by atoms with van der Waals surface area (Å²) in [6, 6.07) is 4.85. The van der Waals surface area contributed by atoms with Gasteiger partial charge in [0.05, 0.1) is 11.6 Å². The molecule has 0 aliphatic heterocycles. The lowest BCUT2D eigenvalue weighted by Gasteiger charge is -2.31. The fourth-order valence-electron chi connectivity index (χ4n) is 2.70. The molecule has 0 spiro atoms. The van der Waals surface area contributed by atoms with E-state index < -0.39 is 20.7 Å². The first kappa shape index (κ1) is 15.9. The van der Waals surface area contributed by atoms with E-state index in [1.165, 1.54) is 6.07 Å². The standard InChI is InChI=1S/C14H18FN3O2S/c15-12-7-10(8-16)5-6-14(12)21(19,20)18-13-4-2-1-3-11(13)9-17/h5-7,11,13,18H,1-4,9,17H2/t11-,13-/m1/s1. The van der Waals surface area contributed by atoms with E-state index in [-0.39, 0.29) is 17.5 Å². The highest BCUT2D eigenvalue weighted by molar-refractivity contribution is 7.89. The average Bonchev–Trinajstić information content (AvgIpc) is 2.47. The molecule has 1 aliphatic rings. The highest BCUT2D eigenvalue weighted by Crippen LogP contribution is 2.25.